The highest BCUT2D eigenvalue weighted by atomic mass is 19.1. The van der Waals surface area contributed by atoms with Crippen LogP contribution in [0.3, 0.4) is 0 Å². The van der Waals surface area contributed by atoms with Crippen molar-refractivity contribution < 1.29 is 40.1 Å². The minimum Gasteiger partial charge on any atom is -0.467 e. The number of ether oxygens (including phenoxy) is 3. The van der Waals surface area contributed by atoms with E-state index in [1.165, 1.54) is 53.3 Å². The number of benzene rings is 6. The van der Waals surface area contributed by atoms with Crippen molar-refractivity contribution >= 4 is 98.5 Å². The highest BCUT2D eigenvalue weighted by Gasteiger charge is 2.28. The molecule has 12 rings (SSSR count). The first-order chi connectivity index (χ1) is 50.9. The molecule has 0 bridgehead atoms. The number of nitrogens with one attached hydrogen (secondary N) is 9. The lowest BCUT2D eigenvalue weighted by molar-refractivity contribution is -0.142. The maximum absolute atomic E-state index is 13.8. The largest absolute Gasteiger partial charge is 0.467 e. The van der Waals surface area contributed by atoms with E-state index in [-0.39, 0.29) is 79.3 Å². The summed E-state index contributed by atoms with van der Waals surface area (Å²) < 4.78 is 54.7. The number of aromatic nitrogens is 10. The highest BCUT2D eigenvalue weighted by Crippen LogP contribution is 2.26. The van der Waals surface area contributed by atoms with Crippen LogP contribution in [0.2, 0.25) is 0 Å². The van der Waals surface area contributed by atoms with E-state index in [9.17, 15) is 23.2 Å². The smallest absolute Gasteiger partial charge is 0.410 e. The first kappa shape index (κ1) is 72.3. The Balaban J connectivity index is 0.000000234. The van der Waals surface area contributed by atoms with Crippen LogP contribution >= 0.6 is 0 Å². The molecule has 2 saturated heterocycles. The summed E-state index contributed by atoms with van der Waals surface area (Å²) in [6.45, 7) is 28.4. The van der Waals surface area contributed by atoms with Gasteiger partial charge in [0.05, 0.1) is 62.5 Å². The zero-order valence-corrected chi connectivity index (χ0v) is 58.3. The molecule has 103 heavy (non-hydrogen) atoms. The van der Waals surface area contributed by atoms with E-state index in [0.717, 1.165) is 66.4 Å². The van der Waals surface area contributed by atoms with Crippen molar-refractivity contribution in [1.29, 1.82) is 0 Å². The number of hydrogen-bond donors (Lipinski definition) is 9. The molecule has 2 atom stereocenters. The van der Waals surface area contributed by atoms with E-state index in [0.29, 0.717) is 77.8 Å². The second-order valence-corrected chi connectivity index (χ2v) is 24.8. The normalized spacial score (nSPS) is 13.8. The van der Waals surface area contributed by atoms with Gasteiger partial charge in [-0.2, -0.15) is 29.9 Å². The summed E-state index contributed by atoms with van der Waals surface area (Å²) in [7, 11) is 5.12. The van der Waals surface area contributed by atoms with Gasteiger partial charge in [-0.25, -0.2) is 42.8 Å². The molecule has 6 heterocycles. The molecule has 0 saturated carbocycles. The lowest BCUT2D eigenvalue weighted by atomic mass is 10.1. The van der Waals surface area contributed by atoms with Gasteiger partial charge < -0.3 is 66.3 Å². The molecular formula is C73H84F2N22O6. The molecule has 1 amide bonds. The number of carbonyl (C=O) groups excluding carboxylic acids is 3. The number of fused-ring (bicyclic) bond motifs is 2. The molecule has 536 valence electrons. The molecular weight excluding hydrogens is 1320 g/mol. The van der Waals surface area contributed by atoms with Crippen LogP contribution < -0.4 is 37.2 Å². The Morgan fingerprint density at radius 3 is 1.38 bits per heavy atom. The van der Waals surface area contributed by atoms with Gasteiger partial charge in [0, 0.05) is 92.4 Å². The Labute approximate surface area is 598 Å². The van der Waals surface area contributed by atoms with Crippen molar-refractivity contribution in [3.63, 3.8) is 0 Å². The van der Waals surface area contributed by atoms with Crippen molar-refractivity contribution in [1.82, 2.24) is 69.9 Å². The van der Waals surface area contributed by atoms with Gasteiger partial charge in [-0.05, 0) is 104 Å². The molecule has 2 aliphatic heterocycles. The molecule has 2 fully saturated rings. The summed E-state index contributed by atoms with van der Waals surface area (Å²) in [6.07, 6.45) is 0.215. The quantitative estimate of drug-likeness (QED) is 0.0154. The fraction of sp³-hybridized carbons (Fsp3) is 0.329. The van der Waals surface area contributed by atoms with E-state index in [1.54, 1.807) is 65.6 Å². The first-order valence-electron chi connectivity index (χ1n) is 34.6. The van der Waals surface area contributed by atoms with Crippen LogP contribution in [-0.4, -0.2) is 167 Å². The molecule has 30 heteroatoms. The van der Waals surface area contributed by atoms with Gasteiger partial charge in [-0.1, -0.05) is 87.6 Å². The number of amides is 1. The number of methoxy groups -OCH3 is 2. The number of nitrogens with zero attached hydrogens (tertiary/aromatic N) is 13. The number of halogens is 2. The summed E-state index contributed by atoms with van der Waals surface area (Å²) in [5, 5.41) is 22.5. The second kappa shape index (κ2) is 35.4. The van der Waals surface area contributed by atoms with Gasteiger partial charge in [0.1, 0.15) is 41.0 Å². The molecule has 2 aliphatic rings. The van der Waals surface area contributed by atoms with E-state index in [1.807, 2.05) is 57.2 Å². The van der Waals surface area contributed by atoms with Crippen LogP contribution in [0.15, 0.2) is 133 Å². The lowest BCUT2D eigenvalue weighted by Crippen LogP contribution is -2.49. The summed E-state index contributed by atoms with van der Waals surface area (Å²) in [5.74, 6) is 0.448. The topological polar surface area (TPSA) is 316 Å². The minimum absolute atomic E-state index is 0.105. The number of hydrogen-bond acceptors (Lipinski definition) is 23. The Morgan fingerprint density at radius 2 is 0.961 bits per heavy atom. The number of rotatable bonds is 24. The fourth-order valence-electron chi connectivity index (χ4n) is 11.1. The van der Waals surface area contributed by atoms with Gasteiger partial charge in [0.15, 0.2) is 11.4 Å². The van der Waals surface area contributed by atoms with Gasteiger partial charge in [-0.3, -0.25) is 9.80 Å². The third-order valence-corrected chi connectivity index (χ3v) is 16.1. The van der Waals surface area contributed by atoms with Crippen molar-refractivity contribution in [3.8, 4) is 0 Å². The zero-order valence-electron chi connectivity index (χ0n) is 60.3. The average Bonchev–Trinajstić information content (AvgIpc) is 1.76. The van der Waals surface area contributed by atoms with Crippen LogP contribution in [0.1, 0.15) is 72.2 Å². The maximum Gasteiger partial charge on any atom is 0.410 e. The summed E-state index contributed by atoms with van der Waals surface area (Å²) in [5.41, 5.74) is 8.20. The fourth-order valence-corrected chi connectivity index (χ4v) is 11.1. The molecule has 6 aromatic carbocycles. The average molecular weight is 1410 g/mol. The van der Waals surface area contributed by atoms with Crippen molar-refractivity contribution in [2.75, 3.05) is 98.5 Å². The Hall–Kier alpha value is -12.0. The van der Waals surface area contributed by atoms with Crippen LogP contribution in [0, 0.1) is 24.8 Å². The number of carbonyl (C=O) groups is 3. The minimum atomic E-state index is -0.860. The van der Waals surface area contributed by atoms with E-state index in [4.69, 9.17) is 30.1 Å². The van der Waals surface area contributed by atoms with Crippen molar-refractivity contribution in [2.24, 2.45) is 0 Å². The van der Waals surface area contributed by atoms with Crippen LogP contribution in [0.4, 0.5) is 72.0 Å². The SMILES string of the molecule is [3H]C.[3H]C.[C-]#[N+]c1ccc(C[C@H](Nc2nc(NCc3nc4ccc(F)cc4[nH]3)nc(Nc3cccc(CN4CCN(C(=O)OC(C)(C)C)CC4)c3)n2)C(=O)OC)cc1.[C-]#[N+]c1ccc(C[C@H](Nc2nc(NCc3nc4ccc(F)cc4[nH]3)nc(Nc3cccc(CN4CCNCC4)c3)n2)C(=O)OC)cc1. The van der Waals surface area contributed by atoms with E-state index in [2.05, 4.69) is 119 Å². The summed E-state index contributed by atoms with van der Waals surface area (Å²) in [4.78, 5) is 94.2. The molecule has 9 N–H and O–H groups in total. The number of imidazole rings is 2. The van der Waals surface area contributed by atoms with Crippen LogP contribution in [0.25, 0.3) is 31.8 Å². The van der Waals surface area contributed by atoms with Gasteiger partial charge >= 0.3 is 18.0 Å². The van der Waals surface area contributed by atoms with Gasteiger partial charge in [0.2, 0.25) is 35.7 Å². The monoisotopic (exact) mass is 1410 g/mol. The van der Waals surface area contributed by atoms with Gasteiger partial charge in [0.25, 0.3) is 0 Å². The summed E-state index contributed by atoms with van der Waals surface area (Å²) >= 11 is 0. The lowest BCUT2D eigenvalue weighted by Gasteiger charge is -2.35. The highest BCUT2D eigenvalue weighted by molar-refractivity contribution is 5.80. The zero-order chi connectivity index (χ0) is 74.8. The van der Waals surface area contributed by atoms with Crippen molar-refractivity contribution in [3.05, 3.63) is 202 Å². The molecule has 0 unspecified atom stereocenters. The third-order valence-electron chi connectivity index (χ3n) is 16.1. The predicted octanol–water partition coefficient (Wildman–Crippen LogP) is 11.7. The van der Waals surface area contributed by atoms with Crippen molar-refractivity contribution in [2.45, 2.75) is 92.3 Å². The van der Waals surface area contributed by atoms with Crippen LogP contribution in [0.5, 0.6) is 0 Å². The maximum atomic E-state index is 13.8. The van der Waals surface area contributed by atoms with Gasteiger partial charge in [-0.15, -0.1) is 0 Å². The predicted molar refractivity (Wildman–Crippen MR) is 392 cm³/mol. The summed E-state index contributed by atoms with van der Waals surface area (Å²) in [6, 6.07) is 36.9. The number of esters is 2. The standard InChI is InChI=1S/C38H42FN11O4.C33H34FN11O2.2CH4/c1-38(2,3)54-37(52)50-17-15-49(16-18-50)23-25-7-6-8-28(19-25)42-35-46-34(41-22-32-43-29-14-11-26(39)21-30(29)44-32)47-36(48-35)45-31(33(51)53-5)20-24-9-12-27(40-4)13-10-24;1-35-24-9-6-21(7-10-24)17-28(30(46)47-2)41-33-43-31(37-19-29-39-26-11-8-23(34)18-27(26)40-29)42-32(44-33)38-25-5-3-4-22(16-25)20-45-14-12-36-13-15-45;;/h6-14,19,21,31H,15-18,20,22-23H2,1-3,5H3,(H,43,44)(H3,41,42,45,46,47,48);3-11,16,18,28,36H,12-15,17,19-20H2,2H3,(H,39,40)(H3,37,38,41,42,43,44);2*1H4/t31-;28-;;/m00../s1/i;;2*1T. The van der Waals surface area contributed by atoms with Crippen LogP contribution in [-0.2, 0) is 62.8 Å². The third kappa shape index (κ3) is 21.8. The molecule has 10 aromatic rings. The first-order valence-corrected chi connectivity index (χ1v) is 32.6. The Bertz CT molecular complexity index is 4620. The number of aromatic amines is 2. The second-order valence-electron chi connectivity index (χ2n) is 24.8. The Morgan fingerprint density at radius 1 is 0.544 bits per heavy atom. The molecule has 4 aromatic heterocycles. The molecule has 0 aliphatic carbocycles. The molecule has 0 radical (unpaired) electrons. The van der Waals surface area contributed by atoms with E-state index < -0.39 is 29.6 Å². The molecule has 28 nitrogen and oxygen atoms in total. The number of anilines is 8. The molecule has 0 spiro atoms. The number of piperazine rings is 2. The number of H-pyrrole nitrogens is 2. The van der Waals surface area contributed by atoms with E-state index >= 15 is 0 Å². The Kier molecular flexibility index (Phi) is 24.8.